The van der Waals surface area contributed by atoms with Gasteiger partial charge in [0.25, 0.3) is 0 Å². The Bertz CT molecular complexity index is 722. The zero-order valence-electron chi connectivity index (χ0n) is 17.6. The molecule has 1 aromatic carbocycles. The van der Waals surface area contributed by atoms with E-state index in [1.807, 2.05) is 41.5 Å². The lowest BCUT2D eigenvalue weighted by molar-refractivity contribution is -0.130. The topological polar surface area (TPSA) is 60.0 Å². The van der Waals surface area contributed by atoms with Crippen LogP contribution in [0.15, 0.2) is 35.7 Å². The number of amides is 1. The molecule has 0 fully saturated rings. The number of nitrogens with one attached hydrogen (secondary N) is 1. The number of rotatable bonds is 14. The van der Waals surface area contributed by atoms with Gasteiger partial charge in [0.15, 0.2) is 11.5 Å². The molecule has 7 heteroatoms. The third-order valence-electron chi connectivity index (χ3n) is 4.52. The van der Waals surface area contributed by atoms with Crippen LogP contribution in [0.25, 0.3) is 0 Å². The first-order valence-electron chi connectivity index (χ1n) is 9.97. The number of ether oxygens (including phenoxy) is 3. The molecule has 0 aliphatic heterocycles. The Labute approximate surface area is 177 Å². The van der Waals surface area contributed by atoms with Crippen LogP contribution in [-0.4, -0.2) is 57.9 Å². The molecular weight excluding hydrogens is 388 g/mol. The number of hydrogen-bond donors (Lipinski definition) is 1. The smallest absolute Gasteiger partial charge is 0.236 e. The van der Waals surface area contributed by atoms with Crippen molar-refractivity contribution >= 4 is 17.2 Å². The number of hydrogen-bond acceptors (Lipinski definition) is 6. The Morgan fingerprint density at radius 2 is 2.00 bits per heavy atom. The van der Waals surface area contributed by atoms with Gasteiger partial charge >= 0.3 is 0 Å². The number of carbonyl (C=O) groups excluding carboxylic acids is 1. The van der Waals surface area contributed by atoms with Gasteiger partial charge in [0.05, 0.1) is 27.3 Å². The molecule has 2 aromatic rings. The van der Waals surface area contributed by atoms with E-state index < -0.39 is 0 Å². The normalized spacial score (nSPS) is 10.7. The van der Waals surface area contributed by atoms with Crippen LogP contribution in [0.4, 0.5) is 0 Å². The van der Waals surface area contributed by atoms with Crippen molar-refractivity contribution in [1.82, 2.24) is 10.2 Å². The van der Waals surface area contributed by atoms with E-state index in [1.165, 1.54) is 4.88 Å². The molecule has 0 aliphatic rings. The van der Waals surface area contributed by atoms with Gasteiger partial charge in [-0.2, -0.15) is 0 Å². The second kappa shape index (κ2) is 13.2. The second-order valence-corrected chi connectivity index (χ2v) is 7.59. The van der Waals surface area contributed by atoms with Crippen LogP contribution >= 0.6 is 11.3 Å². The van der Waals surface area contributed by atoms with Gasteiger partial charge in [0.1, 0.15) is 0 Å². The molecule has 6 nitrogen and oxygen atoms in total. The fourth-order valence-corrected chi connectivity index (χ4v) is 3.65. The first-order chi connectivity index (χ1) is 14.2. The third-order valence-corrected chi connectivity index (χ3v) is 5.38. The number of thiophene rings is 1. The summed E-state index contributed by atoms with van der Waals surface area (Å²) < 4.78 is 16.0. The summed E-state index contributed by atoms with van der Waals surface area (Å²) in [6, 6.07) is 9.97. The van der Waals surface area contributed by atoms with E-state index >= 15 is 0 Å². The van der Waals surface area contributed by atoms with Crippen LogP contribution in [0.3, 0.4) is 0 Å². The minimum absolute atomic E-state index is 0.107. The maximum absolute atomic E-state index is 12.8. The lowest BCUT2D eigenvalue weighted by Gasteiger charge is -2.23. The van der Waals surface area contributed by atoms with Crippen LogP contribution in [0.5, 0.6) is 11.5 Å². The second-order valence-electron chi connectivity index (χ2n) is 6.56. The fraction of sp³-hybridized carbons (Fsp3) is 0.500. The summed E-state index contributed by atoms with van der Waals surface area (Å²) in [7, 11) is 3.26. The number of carbonyl (C=O) groups is 1. The SMILES string of the molecule is CCOCCCNCC(=O)N(CCc1ccc(OC)c(OC)c1)Cc1cccs1. The molecule has 0 saturated heterocycles. The van der Waals surface area contributed by atoms with Crippen LogP contribution in [-0.2, 0) is 22.5 Å². The summed E-state index contributed by atoms with van der Waals surface area (Å²) in [6.07, 6.45) is 1.65. The first-order valence-corrected chi connectivity index (χ1v) is 10.9. The number of nitrogens with zero attached hydrogens (tertiary/aromatic N) is 1. The lowest BCUT2D eigenvalue weighted by Crippen LogP contribution is -2.39. The maximum Gasteiger partial charge on any atom is 0.236 e. The maximum atomic E-state index is 12.8. The highest BCUT2D eigenvalue weighted by Gasteiger charge is 2.15. The average Bonchev–Trinajstić information content (AvgIpc) is 3.26. The van der Waals surface area contributed by atoms with Crippen molar-refractivity contribution in [2.45, 2.75) is 26.3 Å². The minimum atomic E-state index is 0.107. The van der Waals surface area contributed by atoms with Crippen molar-refractivity contribution < 1.29 is 19.0 Å². The molecule has 0 saturated carbocycles. The van der Waals surface area contributed by atoms with Gasteiger partial charge in [0.2, 0.25) is 5.91 Å². The third kappa shape index (κ3) is 8.04. The minimum Gasteiger partial charge on any atom is -0.493 e. The van der Waals surface area contributed by atoms with Crippen LogP contribution in [0, 0.1) is 0 Å². The summed E-state index contributed by atoms with van der Waals surface area (Å²) in [6.45, 7) is 5.81. The molecule has 29 heavy (non-hydrogen) atoms. The highest BCUT2D eigenvalue weighted by molar-refractivity contribution is 7.09. The summed E-state index contributed by atoms with van der Waals surface area (Å²) in [5, 5.41) is 5.27. The predicted molar refractivity (Wildman–Crippen MR) is 117 cm³/mol. The van der Waals surface area contributed by atoms with Crippen LogP contribution in [0.2, 0.25) is 0 Å². The highest BCUT2D eigenvalue weighted by Crippen LogP contribution is 2.27. The van der Waals surface area contributed by atoms with E-state index in [0.29, 0.717) is 31.1 Å². The number of methoxy groups -OCH3 is 2. The fourth-order valence-electron chi connectivity index (χ4n) is 2.93. The Morgan fingerprint density at radius 3 is 2.69 bits per heavy atom. The monoisotopic (exact) mass is 420 g/mol. The quantitative estimate of drug-likeness (QED) is 0.475. The molecule has 1 aromatic heterocycles. The summed E-state index contributed by atoms with van der Waals surface area (Å²) in [5.41, 5.74) is 1.11. The molecular formula is C22H32N2O4S. The van der Waals surface area contributed by atoms with Gasteiger partial charge in [-0.05, 0) is 55.5 Å². The van der Waals surface area contributed by atoms with E-state index in [0.717, 1.165) is 38.2 Å². The van der Waals surface area contributed by atoms with E-state index in [-0.39, 0.29) is 5.91 Å². The van der Waals surface area contributed by atoms with Crippen molar-refractivity contribution in [3.8, 4) is 11.5 Å². The first kappa shape index (κ1) is 23.2. The Morgan fingerprint density at radius 1 is 1.17 bits per heavy atom. The molecule has 1 amide bonds. The molecule has 2 rings (SSSR count). The highest BCUT2D eigenvalue weighted by atomic mass is 32.1. The van der Waals surface area contributed by atoms with E-state index in [4.69, 9.17) is 14.2 Å². The number of benzene rings is 1. The standard InChI is InChI=1S/C22H32N2O4S/c1-4-28-13-6-11-23-16-22(25)24(17-19-7-5-14-29-19)12-10-18-8-9-20(26-2)21(15-18)27-3/h5,7-9,14-15,23H,4,6,10-13,16-17H2,1-3H3. The molecule has 0 spiro atoms. The van der Waals surface area contributed by atoms with E-state index in [9.17, 15) is 4.79 Å². The Kier molecular flexibility index (Phi) is 10.5. The molecule has 0 radical (unpaired) electrons. The zero-order chi connectivity index (χ0) is 20.9. The molecule has 1 heterocycles. The molecule has 160 valence electrons. The van der Waals surface area contributed by atoms with Crippen molar-refractivity contribution in [2.24, 2.45) is 0 Å². The zero-order valence-corrected chi connectivity index (χ0v) is 18.4. The van der Waals surface area contributed by atoms with Crippen LogP contribution < -0.4 is 14.8 Å². The van der Waals surface area contributed by atoms with Gasteiger partial charge in [-0.15, -0.1) is 11.3 Å². The van der Waals surface area contributed by atoms with Gasteiger partial charge < -0.3 is 24.4 Å². The van der Waals surface area contributed by atoms with E-state index in [1.54, 1.807) is 25.6 Å². The summed E-state index contributed by atoms with van der Waals surface area (Å²) in [5.74, 6) is 1.52. The van der Waals surface area contributed by atoms with Gasteiger partial charge in [-0.3, -0.25) is 4.79 Å². The van der Waals surface area contributed by atoms with Gasteiger partial charge in [-0.1, -0.05) is 12.1 Å². The predicted octanol–water partition coefficient (Wildman–Crippen LogP) is 3.35. The van der Waals surface area contributed by atoms with Crippen molar-refractivity contribution in [3.63, 3.8) is 0 Å². The summed E-state index contributed by atoms with van der Waals surface area (Å²) >= 11 is 1.67. The average molecular weight is 421 g/mol. The lowest BCUT2D eigenvalue weighted by atomic mass is 10.1. The van der Waals surface area contributed by atoms with E-state index in [2.05, 4.69) is 11.4 Å². The largest absolute Gasteiger partial charge is 0.493 e. The molecule has 0 bridgehead atoms. The molecule has 0 unspecified atom stereocenters. The van der Waals surface area contributed by atoms with Crippen molar-refractivity contribution in [1.29, 1.82) is 0 Å². The van der Waals surface area contributed by atoms with Gasteiger partial charge in [-0.25, -0.2) is 0 Å². The van der Waals surface area contributed by atoms with Crippen molar-refractivity contribution in [3.05, 3.63) is 46.2 Å². The molecule has 1 N–H and O–H groups in total. The molecule has 0 atom stereocenters. The molecule has 0 aliphatic carbocycles. The summed E-state index contributed by atoms with van der Waals surface area (Å²) in [4.78, 5) is 15.9. The van der Waals surface area contributed by atoms with Crippen molar-refractivity contribution in [2.75, 3.05) is 47.1 Å². The Balaban J connectivity index is 1.92. The van der Waals surface area contributed by atoms with Gasteiger partial charge in [0, 0.05) is 24.6 Å². The van der Waals surface area contributed by atoms with Crippen LogP contribution in [0.1, 0.15) is 23.8 Å². The Hall–Kier alpha value is -2.09.